The van der Waals surface area contributed by atoms with Crippen LogP contribution < -0.4 is 0 Å². The molecule has 28 heavy (non-hydrogen) atoms. The highest BCUT2D eigenvalue weighted by Crippen LogP contribution is 2.36. The lowest BCUT2D eigenvalue weighted by Crippen LogP contribution is -2.12. The molecule has 11 nitrogen and oxygen atoms in total. The Kier molecular flexibility index (Phi) is 3.96. The van der Waals surface area contributed by atoms with Gasteiger partial charge in [-0.1, -0.05) is 20.8 Å². The van der Waals surface area contributed by atoms with Gasteiger partial charge in [0, 0.05) is 17.8 Å². The van der Waals surface area contributed by atoms with Crippen LogP contribution in [0.15, 0.2) is 34.9 Å². The largest absolute Gasteiger partial charge is 0.258 e. The maximum Gasteiger partial charge on any atom is 0.252 e. The molecule has 0 saturated heterocycles. The van der Waals surface area contributed by atoms with E-state index in [9.17, 15) is 0 Å². The molecular formula is C17H17N11. The van der Waals surface area contributed by atoms with Crippen LogP contribution in [0.3, 0.4) is 0 Å². The summed E-state index contributed by atoms with van der Waals surface area (Å²) in [6.45, 7) is 15.4. The first kappa shape index (κ1) is 17.5. The SMILES string of the molecule is [C-]#[N+]c1cnn(-c2ncccn2)c1/N=N/c1c(C(C)(C)C)nn2c(C)n[nH]c12. The maximum absolute atomic E-state index is 7.39. The zero-order chi connectivity index (χ0) is 19.9. The number of aromatic amines is 1. The molecule has 4 aromatic rings. The van der Waals surface area contributed by atoms with Gasteiger partial charge in [-0.15, -0.1) is 10.2 Å². The van der Waals surface area contributed by atoms with Gasteiger partial charge < -0.3 is 0 Å². The molecular weight excluding hydrogens is 358 g/mol. The van der Waals surface area contributed by atoms with Crippen molar-refractivity contribution in [2.75, 3.05) is 0 Å². The Morgan fingerprint density at radius 2 is 1.93 bits per heavy atom. The van der Waals surface area contributed by atoms with Gasteiger partial charge in [0.2, 0.25) is 0 Å². The molecule has 0 amide bonds. The second-order valence-corrected chi connectivity index (χ2v) is 7.10. The Balaban J connectivity index is 1.87. The van der Waals surface area contributed by atoms with E-state index in [1.807, 2.05) is 27.7 Å². The van der Waals surface area contributed by atoms with Gasteiger partial charge in [0.15, 0.2) is 17.2 Å². The van der Waals surface area contributed by atoms with Gasteiger partial charge in [0.1, 0.15) is 5.82 Å². The molecule has 140 valence electrons. The van der Waals surface area contributed by atoms with Crippen LogP contribution in [0.25, 0.3) is 16.4 Å². The van der Waals surface area contributed by atoms with Gasteiger partial charge in [-0.05, 0) is 13.0 Å². The molecule has 0 aromatic carbocycles. The number of hydrogen-bond acceptors (Lipinski definition) is 7. The summed E-state index contributed by atoms with van der Waals surface area (Å²) in [5.74, 6) is 1.27. The van der Waals surface area contributed by atoms with Crippen LogP contribution in [0.5, 0.6) is 0 Å². The summed E-state index contributed by atoms with van der Waals surface area (Å²) in [6.07, 6.45) is 4.60. The molecule has 0 spiro atoms. The summed E-state index contributed by atoms with van der Waals surface area (Å²) in [6, 6.07) is 1.70. The van der Waals surface area contributed by atoms with E-state index < -0.39 is 0 Å². The number of H-pyrrole nitrogens is 1. The minimum Gasteiger partial charge on any atom is -0.258 e. The number of aromatic nitrogens is 8. The number of nitrogens with one attached hydrogen (secondary N) is 1. The number of rotatable bonds is 3. The van der Waals surface area contributed by atoms with Crippen molar-refractivity contribution in [1.29, 1.82) is 0 Å². The van der Waals surface area contributed by atoms with E-state index in [-0.39, 0.29) is 16.9 Å². The van der Waals surface area contributed by atoms with Gasteiger partial charge in [-0.25, -0.2) is 14.8 Å². The lowest BCUT2D eigenvalue weighted by atomic mass is 9.91. The van der Waals surface area contributed by atoms with E-state index in [0.29, 0.717) is 23.1 Å². The van der Waals surface area contributed by atoms with Gasteiger partial charge in [0.25, 0.3) is 11.6 Å². The molecule has 0 atom stereocenters. The standard InChI is InChI=1S/C17H17N11/c1-10-22-25-15-12(13(17(2,3)4)26-27(10)15)23-24-14-11(18-5)9-21-28(14)16-19-7-6-8-20-16/h6-9,25H,1-4H3/b24-23+. The summed E-state index contributed by atoms with van der Waals surface area (Å²) < 4.78 is 3.08. The fourth-order valence-electron chi connectivity index (χ4n) is 2.68. The fraction of sp³-hybridized carbons (Fsp3) is 0.294. The van der Waals surface area contributed by atoms with Crippen molar-refractivity contribution in [3.63, 3.8) is 0 Å². The van der Waals surface area contributed by atoms with Gasteiger partial charge in [-0.3, -0.25) is 5.10 Å². The van der Waals surface area contributed by atoms with Crippen molar-refractivity contribution < 1.29 is 0 Å². The Hall–Kier alpha value is -3.94. The first-order valence-corrected chi connectivity index (χ1v) is 8.49. The topological polar surface area (TPSA) is 119 Å². The van der Waals surface area contributed by atoms with Crippen molar-refractivity contribution in [3.8, 4) is 5.95 Å². The zero-order valence-corrected chi connectivity index (χ0v) is 15.8. The van der Waals surface area contributed by atoms with E-state index in [1.54, 1.807) is 23.0 Å². The van der Waals surface area contributed by atoms with Gasteiger partial charge >= 0.3 is 0 Å². The molecule has 0 saturated carbocycles. The third kappa shape index (κ3) is 2.81. The summed E-state index contributed by atoms with van der Waals surface area (Å²) in [7, 11) is 0. The van der Waals surface area contributed by atoms with Crippen molar-refractivity contribution in [2.45, 2.75) is 33.1 Å². The fourth-order valence-corrected chi connectivity index (χ4v) is 2.68. The van der Waals surface area contributed by atoms with Crippen LogP contribution in [-0.4, -0.2) is 39.6 Å². The average molecular weight is 375 g/mol. The lowest BCUT2D eigenvalue weighted by molar-refractivity contribution is 0.561. The molecule has 0 fully saturated rings. The van der Waals surface area contributed by atoms with E-state index in [4.69, 9.17) is 6.57 Å². The van der Waals surface area contributed by atoms with Crippen molar-refractivity contribution in [3.05, 3.63) is 47.6 Å². The molecule has 0 bridgehead atoms. The molecule has 4 heterocycles. The minimum absolute atomic E-state index is 0.247. The van der Waals surface area contributed by atoms with E-state index in [1.165, 1.54) is 10.9 Å². The number of aryl methyl sites for hydroxylation is 1. The highest BCUT2D eigenvalue weighted by Gasteiger charge is 2.26. The first-order chi connectivity index (χ1) is 13.4. The van der Waals surface area contributed by atoms with Crippen molar-refractivity contribution in [1.82, 2.24) is 39.6 Å². The molecule has 0 radical (unpaired) electrons. The summed E-state index contributed by atoms with van der Waals surface area (Å²) in [5, 5.41) is 24.7. The summed E-state index contributed by atoms with van der Waals surface area (Å²) in [5.41, 5.74) is 1.94. The smallest absolute Gasteiger partial charge is 0.252 e. The average Bonchev–Trinajstić information content (AvgIpc) is 3.35. The predicted molar refractivity (Wildman–Crippen MR) is 100 cm³/mol. The molecule has 0 aliphatic rings. The molecule has 11 heteroatoms. The van der Waals surface area contributed by atoms with Crippen LogP contribution in [0.1, 0.15) is 32.3 Å². The van der Waals surface area contributed by atoms with Crippen LogP contribution in [0, 0.1) is 13.5 Å². The van der Waals surface area contributed by atoms with E-state index in [2.05, 4.69) is 45.4 Å². The van der Waals surface area contributed by atoms with Gasteiger partial charge in [0.05, 0.1) is 18.5 Å². The second kappa shape index (κ2) is 6.34. The van der Waals surface area contributed by atoms with Gasteiger partial charge in [-0.2, -0.15) is 24.5 Å². The van der Waals surface area contributed by atoms with Crippen LogP contribution in [0.2, 0.25) is 0 Å². The zero-order valence-electron chi connectivity index (χ0n) is 15.8. The number of azo groups is 1. The quantitative estimate of drug-likeness (QED) is 0.433. The molecule has 4 aromatic heterocycles. The maximum atomic E-state index is 7.39. The normalized spacial score (nSPS) is 12.1. The van der Waals surface area contributed by atoms with Crippen LogP contribution in [0.4, 0.5) is 17.2 Å². The molecule has 1 N–H and O–H groups in total. The lowest BCUT2D eigenvalue weighted by Gasteiger charge is -2.15. The Labute approximate surface area is 160 Å². The first-order valence-electron chi connectivity index (χ1n) is 8.49. The molecule has 0 aliphatic carbocycles. The third-order valence-corrected chi connectivity index (χ3v) is 4.03. The molecule has 4 rings (SSSR count). The van der Waals surface area contributed by atoms with E-state index in [0.717, 1.165) is 5.69 Å². The summed E-state index contributed by atoms with van der Waals surface area (Å²) >= 11 is 0. The Morgan fingerprint density at radius 1 is 1.18 bits per heavy atom. The molecule has 0 aliphatic heterocycles. The number of hydrogen-bond donors (Lipinski definition) is 1. The van der Waals surface area contributed by atoms with Crippen LogP contribution >= 0.6 is 0 Å². The van der Waals surface area contributed by atoms with Crippen LogP contribution in [-0.2, 0) is 5.41 Å². The van der Waals surface area contributed by atoms with Crippen molar-refractivity contribution >= 4 is 22.8 Å². The van der Waals surface area contributed by atoms with Crippen molar-refractivity contribution in [2.24, 2.45) is 10.2 Å². The third-order valence-electron chi connectivity index (χ3n) is 4.03. The predicted octanol–water partition coefficient (Wildman–Crippen LogP) is 3.61. The monoisotopic (exact) mass is 375 g/mol. The Morgan fingerprint density at radius 3 is 2.61 bits per heavy atom. The number of nitrogens with zero attached hydrogens (tertiary/aromatic N) is 10. The second-order valence-electron chi connectivity index (χ2n) is 7.10. The minimum atomic E-state index is -0.265. The number of fused-ring (bicyclic) bond motifs is 1. The Bertz CT molecular complexity index is 1210. The highest BCUT2D eigenvalue weighted by molar-refractivity contribution is 5.69. The summed E-state index contributed by atoms with van der Waals surface area (Å²) in [4.78, 5) is 11.8. The van der Waals surface area contributed by atoms with E-state index >= 15 is 0 Å². The molecule has 0 unspecified atom stereocenters. The highest BCUT2D eigenvalue weighted by atomic mass is 15.4.